The van der Waals surface area contributed by atoms with Crippen molar-refractivity contribution in [1.29, 1.82) is 0 Å². The number of carboxylic acid groups (broad SMARTS) is 1. The summed E-state index contributed by atoms with van der Waals surface area (Å²) in [5.41, 5.74) is 0. The molecule has 0 bridgehead atoms. The van der Waals surface area contributed by atoms with Gasteiger partial charge in [0.1, 0.15) is 0 Å². The number of carboxylic acids is 1. The van der Waals surface area contributed by atoms with E-state index in [0.29, 0.717) is 0 Å². The third-order valence-corrected chi connectivity index (χ3v) is 2.61. The fraction of sp³-hybridized carbons (Fsp3) is 0.250. The van der Waals surface area contributed by atoms with Gasteiger partial charge in [-0.15, -0.1) is 11.3 Å². The fourth-order valence-corrected chi connectivity index (χ4v) is 1.86. The number of hydrogen-bond donors (Lipinski definition) is 1. The van der Waals surface area contributed by atoms with Crippen LogP contribution in [0.5, 0.6) is 0 Å². The van der Waals surface area contributed by atoms with E-state index >= 15 is 0 Å². The number of Topliss-reactive ketones (excluding diaryl/α,β-unsaturated/α-hetero) is 1. The second-order valence-electron chi connectivity index (χ2n) is 1.74. The number of carbonyl (C=O) groups excluding carboxylic acids is 1. The zero-order valence-corrected chi connectivity index (χ0v) is 9.61. The number of hydrogen-bond acceptors (Lipinski definition) is 3. The molecule has 0 amide bonds. The first-order valence-corrected chi connectivity index (χ1v) is 5.25. The molecular weight excluding hydrogens is 256 g/mol. The van der Waals surface area contributed by atoms with Crippen molar-refractivity contribution in [2.45, 2.75) is 13.8 Å². The van der Waals surface area contributed by atoms with Gasteiger partial charge in [-0.3, -0.25) is 4.79 Å². The molecule has 1 heterocycles. The predicted octanol–water partition coefficient (Wildman–Crippen LogP) is 2.80. The molecule has 0 aliphatic carbocycles. The van der Waals surface area contributed by atoms with Crippen LogP contribution in [-0.2, 0) is 4.79 Å². The van der Waals surface area contributed by atoms with Crippen molar-refractivity contribution in [2.75, 3.05) is 0 Å². The van der Waals surface area contributed by atoms with E-state index in [9.17, 15) is 9.59 Å². The summed E-state index contributed by atoms with van der Waals surface area (Å²) in [6, 6.07) is 3.12. The number of carbonyl (C=O) groups is 2. The van der Waals surface area contributed by atoms with Gasteiger partial charge in [-0.05, 0) is 28.1 Å². The van der Waals surface area contributed by atoms with Gasteiger partial charge in [0.25, 0.3) is 5.78 Å². The topological polar surface area (TPSA) is 54.4 Å². The highest BCUT2D eigenvalue weighted by Crippen LogP contribution is 2.22. The molecule has 1 rings (SSSR count). The molecule has 0 atom stereocenters. The minimum Gasteiger partial charge on any atom is -0.475 e. The molecule has 0 saturated carbocycles. The minimum atomic E-state index is -1.42. The average molecular weight is 265 g/mol. The maximum Gasteiger partial charge on any atom is 0.378 e. The highest BCUT2D eigenvalue weighted by Gasteiger charge is 2.15. The van der Waals surface area contributed by atoms with Crippen LogP contribution in [0.25, 0.3) is 0 Å². The third kappa shape index (κ3) is 3.69. The zero-order chi connectivity index (χ0) is 10.4. The van der Waals surface area contributed by atoms with E-state index in [2.05, 4.69) is 15.9 Å². The molecule has 1 aromatic heterocycles. The normalized spacial score (nSPS) is 8.54. The standard InChI is InChI=1S/C6H3BrO3S.C2H6/c7-4-2-1-3(11-4)5(8)6(9)10;1-2/h1-2H,(H,9,10);1-2H3. The molecule has 0 spiro atoms. The molecule has 13 heavy (non-hydrogen) atoms. The Morgan fingerprint density at radius 1 is 1.38 bits per heavy atom. The van der Waals surface area contributed by atoms with Crippen LogP contribution in [-0.4, -0.2) is 16.9 Å². The first kappa shape index (κ1) is 12.3. The molecule has 5 heteroatoms. The number of thiophene rings is 1. The Kier molecular flexibility index (Phi) is 5.57. The summed E-state index contributed by atoms with van der Waals surface area (Å²) in [6.45, 7) is 4.00. The predicted molar refractivity (Wildman–Crippen MR) is 55.3 cm³/mol. The van der Waals surface area contributed by atoms with Gasteiger partial charge in [-0.2, -0.15) is 0 Å². The van der Waals surface area contributed by atoms with Gasteiger partial charge in [-0.1, -0.05) is 13.8 Å². The maximum absolute atomic E-state index is 10.7. The van der Waals surface area contributed by atoms with Gasteiger partial charge in [-0.25, -0.2) is 4.79 Å². The van der Waals surface area contributed by atoms with Crippen LogP contribution in [0.15, 0.2) is 15.9 Å². The van der Waals surface area contributed by atoms with Crippen molar-refractivity contribution in [3.63, 3.8) is 0 Å². The summed E-state index contributed by atoms with van der Waals surface area (Å²) in [5.74, 6) is -2.28. The van der Waals surface area contributed by atoms with Crippen molar-refractivity contribution >= 4 is 39.0 Å². The largest absolute Gasteiger partial charge is 0.475 e. The van der Waals surface area contributed by atoms with Gasteiger partial charge < -0.3 is 5.11 Å². The zero-order valence-electron chi connectivity index (χ0n) is 7.20. The lowest BCUT2D eigenvalue weighted by molar-refractivity contribution is -0.131. The number of aliphatic carboxylic acids is 1. The summed E-state index contributed by atoms with van der Waals surface area (Å²) in [7, 11) is 0. The monoisotopic (exact) mass is 264 g/mol. The van der Waals surface area contributed by atoms with E-state index < -0.39 is 11.8 Å². The molecule has 1 aromatic rings. The summed E-state index contributed by atoms with van der Waals surface area (Å²) < 4.78 is 0.752. The molecule has 3 nitrogen and oxygen atoms in total. The Morgan fingerprint density at radius 3 is 2.23 bits per heavy atom. The fourth-order valence-electron chi connectivity index (χ4n) is 0.542. The van der Waals surface area contributed by atoms with Gasteiger partial charge in [0, 0.05) is 0 Å². The lowest BCUT2D eigenvalue weighted by atomic mass is 10.3. The van der Waals surface area contributed by atoms with Gasteiger partial charge in [0.05, 0.1) is 8.66 Å². The van der Waals surface area contributed by atoms with Crippen LogP contribution in [0, 0.1) is 0 Å². The van der Waals surface area contributed by atoms with Crippen molar-refractivity contribution in [1.82, 2.24) is 0 Å². The highest BCUT2D eigenvalue weighted by molar-refractivity contribution is 9.11. The minimum absolute atomic E-state index is 0.240. The van der Waals surface area contributed by atoms with Crippen LogP contribution >= 0.6 is 27.3 Å². The van der Waals surface area contributed by atoms with E-state index in [1.807, 2.05) is 13.8 Å². The van der Waals surface area contributed by atoms with E-state index in [0.717, 1.165) is 15.1 Å². The first-order valence-electron chi connectivity index (χ1n) is 3.64. The summed E-state index contributed by atoms with van der Waals surface area (Å²) in [5, 5.41) is 8.29. The van der Waals surface area contributed by atoms with Gasteiger partial charge in [0.15, 0.2) is 0 Å². The van der Waals surface area contributed by atoms with Crippen LogP contribution in [0.2, 0.25) is 0 Å². The van der Waals surface area contributed by atoms with Crippen LogP contribution in [0.4, 0.5) is 0 Å². The molecule has 72 valence electrons. The molecule has 0 aromatic carbocycles. The number of halogens is 1. The van der Waals surface area contributed by atoms with Crippen LogP contribution < -0.4 is 0 Å². The molecule has 0 unspecified atom stereocenters. The average Bonchev–Trinajstić information content (AvgIpc) is 2.54. The van der Waals surface area contributed by atoms with E-state index in [4.69, 9.17) is 5.11 Å². The quantitative estimate of drug-likeness (QED) is 0.660. The van der Waals surface area contributed by atoms with Crippen LogP contribution in [0.1, 0.15) is 23.5 Å². The third-order valence-electron chi connectivity index (χ3n) is 0.991. The SMILES string of the molecule is CC.O=C(O)C(=O)c1ccc(Br)s1. The van der Waals surface area contributed by atoms with E-state index in [1.165, 1.54) is 6.07 Å². The Hall–Kier alpha value is -0.680. The lowest BCUT2D eigenvalue weighted by Gasteiger charge is -1.85. The van der Waals surface area contributed by atoms with Crippen molar-refractivity contribution in [3.8, 4) is 0 Å². The van der Waals surface area contributed by atoms with Crippen molar-refractivity contribution in [2.24, 2.45) is 0 Å². The van der Waals surface area contributed by atoms with Gasteiger partial charge in [0.2, 0.25) is 0 Å². The van der Waals surface area contributed by atoms with E-state index in [-0.39, 0.29) is 4.88 Å². The second-order valence-corrected chi connectivity index (χ2v) is 4.20. The second kappa shape index (κ2) is 5.88. The highest BCUT2D eigenvalue weighted by atomic mass is 79.9. The van der Waals surface area contributed by atoms with Crippen molar-refractivity contribution < 1.29 is 14.7 Å². The summed E-state index contributed by atoms with van der Waals surface area (Å²) >= 11 is 4.23. The molecule has 0 aliphatic rings. The summed E-state index contributed by atoms with van der Waals surface area (Å²) in [6.07, 6.45) is 0. The Balaban J connectivity index is 0.000000671. The number of ketones is 1. The Morgan fingerprint density at radius 2 is 1.92 bits per heavy atom. The summed E-state index contributed by atoms with van der Waals surface area (Å²) in [4.78, 5) is 21.1. The first-order chi connectivity index (χ1) is 6.11. The number of rotatable bonds is 2. The Bertz CT molecular complexity index is 306. The smallest absolute Gasteiger partial charge is 0.378 e. The molecule has 1 N–H and O–H groups in total. The molecule has 0 aliphatic heterocycles. The maximum atomic E-state index is 10.7. The van der Waals surface area contributed by atoms with E-state index in [1.54, 1.807) is 6.07 Å². The van der Waals surface area contributed by atoms with Crippen molar-refractivity contribution in [3.05, 3.63) is 20.8 Å². The molecular formula is C8H9BrO3S. The lowest BCUT2D eigenvalue weighted by Crippen LogP contribution is -2.10. The molecule has 0 fully saturated rings. The molecule has 0 saturated heterocycles. The Labute approximate surface area is 88.5 Å². The van der Waals surface area contributed by atoms with Crippen LogP contribution in [0.3, 0.4) is 0 Å². The van der Waals surface area contributed by atoms with Gasteiger partial charge >= 0.3 is 5.97 Å². The molecule has 0 radical (unpaired) electrons.